The van der Waals surface area contributed by atoms with Gasteiger partial charge in [-0.05, 0) is 12.8 Å². The second kappa shape index (κ2) is 5.57. The van der Waals surface area contributed by atoms with Gasteiger partial charge in [0, 0.05) is 11.0 Å². The Labute approximate surface area is 83.0 Å². The predicted octanol–water partition coefficient (Wildman–Crippen LogP) is 1.10. The third kappa shape index (κ3) is 4.20. The zero-order chi connectivity index (χ0) is 10.4. The minimum Gasteiger partial charge on any atom is -0.348 e. The molecule has 0 bridgehead atoms. The van der Waals surface area contributed by atoms with E-state index in [-0.39, 0.29) is 6.04 Å². The van der Waals surface area contributed by atoms with E-state index in [1.54, 1.807) is 0 Å². The maximum absolute atomic E-state index is 11.1. The van der Waals surface area contributed by atoms with E-state index < -0.39 is 17.4 Å². The van der Waals surface area contributed by atoms with Crippen molar-refractivity contribution in [3.63, 3.8) is 0 Å². The first kappa shape index (κ1) is 10.9. The Morgan fingerprint density at radius 2 is 1.86 bits per heavy atom. The molecule has 1 N–H and O–H groups in total. The molecule has 0 aromatic rings. The number of amides is 1. The third-order valence-electron chi connectivity index (χ3n) is 2.49. The fraction of sp³-hybridized carbons (Fsp3) is 0.889. The molecule has 0 saturated heterocycles. The molecule has 0 spiro atoms. The van der Waals surface area contributed by atoms with E-state index in [0.717, 1.165) is 25.7 Å². The molecule has 1 rings (SSSR count). The Kier molecular flexibility index (Phi) is 4.35. The van der Waals surface area contributed by atoms with Crippen molar-refractivity contribution in [2.45, 2.75) is 44.6 Å². The average Bonchev–Trinajstić information content (AvgIpc) is 2.31. The summed E-state index contributed by atoms with van der Waals surface area (Å²) >= 11 is 0. The molecule has 0 unspecified atom stereocenters. The molecule has 1 saturated carbocycles. The Morgan fingerprint density at radius 3 is 2.36 bits per heavy atom. The Morgan fingerprint density at radius 1 is 1.29 bits per heavy atom. The molecule has 5 nitrogen and oxygen atoms in total. The summed E-state index contributed by atoms with van der Waals surface area (Å²) in [4.78, 5) is 20.6. The quantitative estimate of drug-likeness (QED) is 0.421. The lowest BCUT2D eigenvalue weighted by molar-refractivity contribution is -0.467. The van der Waals surface area contributed by atoms with Crippen LogP contribution in [-0.2, 0) is 4.79 Å². The van der Waals surface area contributed by atoms with Crippen molar-refractivity contribution in [1.29, 1.82) is 0 Å². The molecule has 5 heteroatoms. The van der Waals surface area contributed by atoms with E-state index in [0.29, 0.717) is 0 Å². The molecule has 0 aliphatic heterocycles. The SMILES string of the molecule is O=C(C[N+](=O)[O-])NC1CCCCCC1. The fourth-order valence-electron chi connectivity index (χ4n) is 1.81. The van der Waals surface area contributed by atoms with Crippen molar-refractivity contribution in [3.8, 4) is 0 Å². The maximum Gasteiger partial charge on any atom is 0.291 e. The topological polar surface area (TPSA) is 72.2 Å². The van der Waals surface area contributed by atoms with Crippen LogP contribution >= 0.6 is 0 Å². The van der Waals surface area contributed by atoms with Gasteiger partial charge in [-0.2, -0.15) is 0 Å². The summed E-state index contributed by atoms with van der Waals surface area (Å²) in [6.45, 7) is -0.601. The second-order valence-electron chi connectivity index (χ2n) is 3.75. The first-order chi connectivity index (χ1) is 6.68. The van der Waals surface area contributed by atoms with Gasteiger partial charge in [-0.3, -0.25) is 14.9 Å². The van der Waals surface area contributed by atoms with Crippen molar-refractivity contribution in [1.82, 2.24) is 5.32 Å². The molecule has 0 heterocycles. The van der Waals surface area contributed by atoms with E-state index in [4.69, 9.17) is 0 Å². The van der Waals surface area contributed by atoms with Gasteiger partial charge < -0.3 is 5.32 Å². The number of carbonyl (C=O) groups excluding carboxylic acids is 1. The number of nitro groups is 1. The van der Waals surface area contributed by atoms with E-state index in [1.165, 1.54) is 12.8 Å². The standard InChI is InChI=1S/C9H16N2O3/c12-9(7-11(13)14)10-8-5-3-1-2-4-6-8/h8H,1-7H2,(H,10,12). The zero-order valence-corrected chi connectivity index (χ0v) is 8.20. The van der Waals surface area contributed by atoms with E-state index >= 15 is 0 Å². The van der Waals surface area contributed by atoms with Crippen LogP contribution in [0.15, 0.2) is 0 Å². The number of nitrogens with zero attached hydrogens (tertiary/aromatic N) is 1. The number of carbonyl (C=O) groups is 1. The van der Waals surface area contributed by atoms with Crippen molar-refractivity contribution >= 4 is 5.91 Å². The van der Waals surface area contributed by atoms with Gasteiger partial charge in [0.1, 0.15) is 0 Å². The third-order valence-corrected chi connectivity index (χ3v) is 2.49. The smallest absolute Gasteiger partial charge is 0.291 e. The van der Waals surface area contributed by atoms with Crippen molar-refractivity contribution < 1.29 is 9.72 Å². The molecule has 0 atom stereocenters. The van der Waals surface area contributed by atoms with Crippen LogP contribution in [0, 0.1) is 10.1 Å². The van der Waals surface area contributed by atoms with Crippen molar-refractivity contribution in [2.75, 3.05) is 6.54 Å². The largest absolute Gasteiger partial charge is 0.348 e. The fourth-order valence-corrected chi connectivity index (χ4v) is 1.81. The van der Waals surface area contributed by atoms with E-state index in [9.17, 15) is 14.9 Å². The molecule has 1 fully saturated rings. The van der Waals surface area contributed by atoms with Gasteiger partial charge in [0.25, 0.3) is 12.5 Å². The van der Waals surface area contributed by atoms with Gasteiger partial charge in [0.2, 0.25) is 0 Å². The summed E-state index contributed by atoms with van der Waals surface area (Å²) in [5.74, 6) is -0.457. The normalized spacial score (nSPS) is 18.6. The highest BCUT2D eigenvalue weighted by Gasteiger charge is 2.17. The first-order valence-electron chi connectivity index (χ1n) is 5.09. The van der Waals surface area contributed by atoms with Gasteiger partial charge in [-0.25, -0.2) is 0 Å². The highest BCUT2D eigenvalue weighted by Crippen LogP contribution is 2.16. The number of nitrogens with one attached hydrogen (secondary N) is 1. The van der Waals surface area contributed by atoms with Crippen LogP contribution in [0.2, 0.25) is 0 Å². The molecule has 0 radical (unpaired) electrons. The van der Waals surface area contributed by atoms with Crippen molar-refractivity contribution in [3.05, 3.63) is 10.1 Å². The number of rotatable bonds is 3. The summed E-state index contributed by atoms with van der Waals surface area (Å²) in [5.41, 5.74) is 0. The lowest BCUT2D eigenvalue weighted by Gasteiger charge is -2.14. The molecule has 0 aromatic heterocycles. The van der Waals surface area contributed by atoms with Crippen LogP contribution in [0.3, 0.4) is 0 Å². The van der Waals surface area contributed by atoms with Gasteiger partial charge in [-0.15, -0.1) is 0 Å². The summed E-state index contributed by atoms with van der Waals surface area (Å²) in [6.07, 6.45) is 6.57. The molecule has 0 aromatic carbocycles. The summed E-state index contributed by atoms with van der Waals surface area (Å²) in [6, 6.07) is 0.157. The molecule has 80 valence electrons. The Hall–Kier alpha value is -1.13. The van der Waals surface area contributed by atoms with E-state index in [1.807, 2.05) is 0 Å². The van der Waals surface area contributed by atoms with Crippen LogP contribution < -0.4 is 5.32 Å². The summed E-state index contributed by atoms with van der Waals surface area (Å²) < 4.78 is 0. The predicted molar refractivity (Wildman–Crippen MR) is 51.5 cm³/mol. The molecule has 1 aliphatic carbocycles. The molecule has 1 aliphatic rings. The first-order valence-corrected chi connectivity index (χ1v) is 5.09. The molecular formula is C9H16N2O3. The summed E-state index contributed by atoms with van der Waals surface area (Å²) in [5, 5.41) is 12.8. The van der Waals surface area contributed by atoms with E-state index in [2.05, 4.69) is 5.32 Å². The van der Waals surface area contributed by atoms with Gasteiger partial charge in [0.05, 0.1) is 0 Å². The van der Waals surface area contributed by atoms with Crippen LogP contribution in [-0.4, -0.2) is 23.4 Å². The Bertz CT molecular complexity index is 210. The maximum atomic E-state index is 11.1. The van der Waals surface area contributed by atoms with Crippen LogP contribution in [0.5, 0.6) is 0 Å². The lowest BCUT2D eigenvalue weighted by atomic mass is 10.1. The second-order valence-corrected chi connectivity index (χ2v) is 3.75. The zero-order valence-electron chi connectivity index (χ0n) is 8.20. The van der Waals surface area contributed by atoms with Crippen LogP contribution in [0.1, 0.15) is 38.5 Å². The summed E-state index contributed by atoms with van der Waals surface area (Å²) in [7, 11) is 0. The Balaban J connectivity index is 2.27. The van der Waals surface area contributed by atoms with Crippen LogP contribution in [0.4, 0.5) is 0 Å². The molecule has 1 amide bonds. The monoisotopic (exact) mass is 200 g/mol. The highest BCUT2D eigenvalue weighted by molar-refractivity contribution is 5.77. The van der Waals surface area contributed by atoms with Gasteiger partial charge >= 0.3 is 0 Å². The number of hydrogen-bond acceptors (Lipinski definition) is 3. The molecular weight excluding hydrogens is 184 g/mol. The average molecular weight is 200 g/mol. The van der Waals surface area contributed by atoms with Crippen LogP contribution in [0.25, 0.3) is 0 Å². The molecule has 14 heavy (non-hydrogen) atoms. The van der Waals surface area contributed by atoms with Gasteiger partial charge in [0.15, 0.2) is 0 Å². The van der Waals surface area contributed by atoms with Crippen molar-refractivity contribution in [2.24, 2.45) is 0 Å². The highest BCUT2D eigenvalue weighted by atomic mass is 16.6. The van der Waals surface area contributed by atoms with Gasteiger partial charge in [-0.1, -0.05) is 25.7 Å². The minimum atomic E-state index is -0.601. The minimum absolute atomic E-state index is 0.157. The number of hydrogen-bond donors (Lipinski definition) is 1. The lowest BCUT2D eigenvalue weighted by Crippen LogP contribution is -2.38.